The SMILES string of the molecule is CC(CO)CNC(C)c1ccc(SCC(F)(F)F)cc1. The first kappa shape index (κ1) is 17.3. The highest BCUT2D eigenvalue weighted by molar-refractivity contribution is 7.99. The largest absolute Gasteiger partial charge is 0.398 e. The quantitative estimate of drug-likeness (QED) is 0.755. The van der Waals surface area contributed by atoms with E-state index in [2.05, 4.69) is 5.32 Å². The van der Waals surface area contributed by atoms with Crippen LogP contribution in [0.15, 0.2) is 29.2 Å². The molecule has 1 rings (SSSR count). The van der Waals surface area contributed by atoms with Crippen LogP contribution in [-0.2, 0) is 0 Å². The molecule has 2 unspecified atom stereocenters. The molecule has 0 spiro atoms. The Morgan fingerprint density at radius 2 is 1.80 bits per heavy atom. The lowest BCUT2D eigenvalue weighted by Gasteiger charge is -2.17. The van der Waals surface area contributed by atoms with Crippen molar-refractivity contribution in [1.29, 1.82) is 0 Å². The van der Waals surface area contributed by atoms with Gasteiger partial charge in [0.2, 0.25) is 0 Å². The smallest absolute Gasteiger partial charge is 0.396 e. The Morgan fingerprint density at radius 3 is 2.30 bits per heavy atom. The highest BCUT2D eigenvalue weighted by Crippen LogP contribution is 2.28. The molecule has 0 aromatic heterocycles. The summed E-state index contributed by atoms with van der Waals surface area (Å²) in [5.74, 6) is -0.687. The first-order valence-corrected chi connectivity index (χ1v) is 7.44. The lowest BCUT2D eigenvalue weighted by Crippen LogP contribution is -2.26. The fourth-order valence-electron chi connectivity index (χ4n) is 1.58. The summed E-state index contributed by atoms with van der Waals surface area (Å²) in [6.07, 6.45) is -4.14. The minimum atomic E-state index is -4.14. The monoisotopic (exact) mass is 307 g/mol. The topological polar surface area (TPSA) is 32.3 Å². The van der Waals surface area contributed by atoms with Crippen LogP contribution in [0.25, 0.3) is 0 Å². The van der Waals surface area contributed by atoms with E-state index in [-0.39, 0.29) is 18.6 Å². The predicted octanol–water partition coefficient (Wildman–Crippen LogP) is 3.62. The van der Waals surface area contributed by atoms with Crippen molar-refractivity contribution >= 4 is 11.8 Å². The van der Waals surface area contributed by atoms with Crippen LogP contribution in [0, 0.1) is 5.92 Å². The summed E-state index contributed by atoms with van der Waals surface area (Å²) in [6, 6.07) is 7.18. The van der Waals surface area contributed by atoms with E-state index in [1.807, 2.05) is 26.0 Å². The maximum absolute atomic E-state index is 12.1. The standard InChI is InChI=1S/C14H20F3NOS/c1-10(8-19)7-18-11(2)12-3-5-13(6-4-12)20-9-14(15,16)17/h3-6,10-11,18-19H,7-9H2,1-2H3. The third kappa shape index (κ3) is 6.63. The number of rotatable bonds is 7. The van der Waals surface area contributed by atoms with E-state index in [9.17, 15) is 13.2 Å². The summed E-state index contributed by atoms with van der Waals surface area (Å²) >= 11 is 0.791. The Hall–Kier alpha value is -0.720. The van der Waals surface area contributed by atoms with Gasteiger partial charge in [-0.25, -0.2) is 0 Å². The Balaban J connectivity index is 2.49. The van der Waals surface area contributed by atoms with Crippen LogP contribution in [0.3, 0.4) is 0 Å². The maximum Gasteiger partial charge on any atom is 0.398 e. The van der Waals surface area contributed by atoms with Crippen LogP contribution in [0.2, 0.25) is 0 Å². The van der Waals surface area contributed by atoms with Gasteiger partial charge in [0.15, 0.2) is 0 Å². The molecule has 0 aliphatic carbocycles. The first-order chi connectivity index (χ1) is 9.31. The molecule has 6 heteroatoms. The highest BCUT2D eigenvalue weighted by Gasteiger charge is 2.27. The van der Waals surface area contributed by atoms with E-state index in [0.717, 1.165) is 17.3 Å². The number of thioether (sulfide) groups is 1. The summed E-state index contributed by atoms with van der Waals surface area (Å²) < 4.78 is 36.3. The van der Waals surface area contributed by atoms with Gasteiger partial charge in [-0.15, -0.1) is 11.8 Å². The Bertz CT molecular complexity index is 394. The van der Waals surface area contributed by atoms with Gasteiger partial charge in [0.05, 0.1) is 5.75 Å². The predicted molar refractivity (Wildman–Crippen MR) is 75.9 cm³/mol. The molecule has 0 amide bonds. The molecule has 0 radical (unpaired) electrons. The van der Waals surface area contributed by atoms with Gasteiger partial charge in [0, 0.05) is 24.1 Å². The zero-order valence-corrected chi connectivity index (χ0v) is 12.4. The van der Waals surface area contributed by atoms with Crippen molar-refractivity contribution in [2.45, 2.75) is 31.0 Å². The van der Waals surface area contributed by atoms with Gasteiger partial charge in [0.25, 0.3) is 0 Å². The number of alkyl halides is 3. The Kier molecular flexibility index (Phi) is 6.85. The lowest BCUT2D eigenvalue weighted by molar-refractivity contribution is -0.105. The Labute approximate surface area is 121 Å². The van der Waals surface area contributed by atoms with E-state index < -0.39 is 11.9 Å². The van der Waals surface area contributed by atoms with Crippen molar-refractivity contribution in [2.24, 2.45) is 5.92 Å². The molecule has 20 heavy (non-hydrogen) atoms. The summed E-state index contributed by atoms with van der Waals surface area (Å²) in [4.78, 5) is 0.613. The molecule has 2 nitrogen and oxygen atoms in total. The Morgan fingerprint density at radius 1 is 1.20 bits per heavy atom. The van der Waals surface area contributed by atoms with Crippen molar-refractivity contribution in [3.8, 4) is 0 Å². The molecule has 0 heterocycles. The molecule has 0 saturated carbocycles. The van der Waals surface area contributed by atoms with Crippen LogP contribution < -0.4 is 5.32 Å². The van der Waals surface area contributed by atoms with E-state index in [0.29, 0.717) is 11.4 Å². The van der Waals surface area contributed by atoms with E-state index in [1.165, 1.54) is 0 Å². The van der Waals surface area contributed by atoms with Crippen molar-refractivity contribution in [3.63, 3.8) is 0 Å². The molecule has 0 saturated heterocycles. The fraction of sp³-hybridized carbons (Fsp3) is 0.571. The van der Waals surface area contributed by atoms with Crippen LogP contribution >= 0.6 is 11.8 Å². The number of aliphatic hydroxyl groups is 1. The number of benzene rings is 1. The molecule has 1 aromatic carbocycles. The molecule has 2 atom stereocenters. The van der Waals surface area contributed by atoms with Crippen LogP contribution in [0.5, 0.6) is 0 Å². The summed E-state index contributed by atoms with van der Waals surface area (Å²) in [7, 11) is 0. The van der Waals surface area contributed by atoms with Crippen LogP contribution in [-0.4, -0.2) is 30.2 Å². The zero-order valence-electron chi connectivity index (χ0n) is 11.6. The summed E-state index contributed by atoms with van der Waals surface area (Å²) in [5.41, 5.74) is 1.02. The molecule has 1 aromatic rings. The highest BCUT2D eigenvalue weighted by atomic mass is 32.2. The second kappa shape index (κ2) is 7.90. The van der Waals surface area contributed by atoms with Gasteiger partial charge in [0.1, 0.15) is 0 Å². The molecule has 0 aliphatic heterocycles. The van der Waals surface area contributed by atoms with Gasteiger partial charge >= 0.3 is 6.18 Å². The van der Waals surface area contributed by atoms with E-state index in [4.69, 9.17) is 5.11 Å². The first-order valence-electron chi connectivity index (χ1n) is 6.45. The van der Waals surface area contributed by atoms with Crippen molar-refractivity contribution in [2.75, 3.05) is 18.9 Å². The molecular formula is C14H20F3NOS. The molecule has 114 valence electrons. The van der Waals surface area contributed by atoms with Crippen molar-refractivity contribution < 1.29 is 18.3 Å². The van der Waals surface area contributed by atoms with Gasteiger partial charge in [-0.05, 0) is 30.5 Å². The van der Waals surface area contributed by atoms with Crippen molar-refractivity contribution in [3.05, 3.63) is 29.8 Å². The number of hydrogen-bond donors (Lipinski definition) is 2. The van der Waals surface area contributed by atoms with Gasteiger partial charge in [-0.2, -0.15) is 13.2 Å². The third-order valence-corrected chi connectivity index (χ3v) is 3.94. The zero-order chi connectivity index (χ0) is 15.2. The van der Waals surface area contributed by atoms with Gasteiger partial charge in [-0.3, -0.25) is 0 Å². The van der Waals surface area contributed by atoms with E-state index >= 15 is 0 Å². The molecular weight excluding hydrogens is 287 g/mol. The normalized spacial score (nSPS) is 15.1. The molecule has 0 bridgehead atoms. The number of hydrogen-bond acceptors (Lipinski definition) is 3. The molecule has 0 fully saturated rings. The summed E-state index contributed by atoms with van der Waals surface area (Å²) in [5, 5.41) is 12.2. The van der Waals surface area contributed by atoms with E-state index in [1.54, 1.807) is 12.1 Å². The van der Waals surface area contributed by atoms with Gasteiger partial charge < -0.3 is 10.4 Å². The van der Waals surface area contributed by atoms with Crippen molar-refractivity contribution in [1.82, 2.24) is 5.32 Å². The van der Waals surface area contributed by atoms with Crippen LogP contribution in [0.1, 0.15) is 25.5 Å². The second-order valence-corrected chi connectivity index (χ2v) is 5.94. The fourth-order valence-corrected chi connectivity index (χ4v) is 2.24. The average Bonchev–Trinajstić information content (AvgIpc) is 2.41. The minimum absolute atomic E-state index is 0.102. The van der Waals surface area contributed by atoms with Crippen LogP contribution in [0.4, 0.5) is 13.2 Å². The summed E-state index contributed by atoms with van der Waals surface area (Å²) in [6.45, 7) is 4.76. The lowest BCUT2D eigenvalue weighted by atomic mass is 10.1. The number of halogens is 3. The van der Waals surface area contributed by atoms with Gasteiger partial charge in [-0.1, -0.05) is 19.1 Å². The minimum Gasteiger partial charge on any atom is -0.396 e. The number of nitrogens with one attached hydrogen (secondary N) is 1. The molecule has 2 N–H and O–H groups in total. The average molecular weight is 307 g/mol. The molecule has 0 aliphatic rings. The maximum atomic E-state index is 12.1. The third-order valence-electron chi connectivity index (χ3n) is 2.87. The number of aliphatic hydroxyl groups excluding tert-OH is 1. The second-order valence-electron chi connectivity index (χ2n) is 4.89.